The summed E-state index contributed by atoms with van der Waals surface area (Å²) in [6.45, 7) is 0.197. The molecular formula is C15H15N3O6-2. The highest BCUT2D eigenvalue weighted by atomic mass is 16.8. The van der Waals surface area contributed by atoms with E-state index >= 15 is 0 Å². The van der Waals surface area contributed by atoms with Crippen LogP contribution in [-0.4, -0.2) is 23.4 Å². The zero-order valence-corrected chi connectivity index (χ0v) is 12.7. The molecule has 0 aliphatic rings. The molecule has 0 aliphatic carbocycles. The normalized spacial score (nSPS) is 10.2. The Bertz CT molecular complexity index is 677. The molecule has 0 unspecified atom stereocenters. The van der Waals surface area contributed by atoms with E-state index < -0.39 is 16.8 Å². The Kier molecular flexibility index (Phi) is 5.55. The monoisotopic (exact) mass is 333 g/mol. The van der Waals surface area contributed by atoms with Gasteiger partial charge in [-0.05, 0) is 35.9 Å². The zero-order valence-electron chi connectivity index (χ0n) is 12.7. The van der Waals surface area contributed by atoms with Crippen molar-refractivity contribution in [2.24, 2.45) is 0 Å². The number of ether oxygens (including phenoxy) is 1. The van der Waals surface area contributed by atoms with Gasteiger partial charge in [0.1, 0.15) is 5.75 Å². The molecular weight excluding hydrogens is 318 g/mol. The third-order valence-corrected chi connectivity index (χ3v) is 3.22. The van der Waals surface area contributed by atoms with Crippen LogP contribution < -0.4 is 20.5 Å². The number of rotatable bonds is 6. The molecule has 24 heavy (non-hydrogen) atoms. The van der Waals surface area contributed by atoms with Gasteiger partial charge in [-0.25, -0.2) is 0 Å². The number of nitrogens with zero attached hydrogens (tertiary/aromatic N) is 2. The molecule has 0 aromatic heterocycles. The van der Waals surface area contributed by atoms with E-state index in [2.05, 4.69) is 5.32 Å². The summed E-state index contributed by atoms with van der Waals surface area (Å²) < 4.78 is 5.03. The minimum Gasteiger partial charge on any atom is -0.769 e. The van der Waals surface area contributed by atoms with Crippen molar-refractivity contribution in [1.82, 2.24) is 5.32 Å². The van der Waals surface area contributed by atoms with Gasteiger partial charge in [0.05, 0.1) is 12.8 Å². The Balaban J connectivity index is 2.13. The lowest BCUT2D eigenvalue weighted by Gasteiger charge is -2.38. The van der Waals surface area contributed by atoms with Crippen molar-refractivity contribution in [3.8, 4) is 5.75 Å². The Labute approximate surface area is 137 Å². The first-order valence-corrected chi connectivity index (χ1v) is 6.79. The smallest absolute Gasteiger partial charge is 0.251 e. The predicted octanol–water partition coefficient (Wildman–Crippen LogP) is 2.01. The Hall–Kier alpha value is -2.85. The van der Waals surface area contributed by atoms with E-state index in [1.807, 2.05) is 0 Å². The summed E-state index contributed by atoms with van der Waals surface area (Å²) in [5, 5.41) is 41.4. The average Bonchev–Trinajstić information content (AvgIpc) is 2.59. The van der Waals surface area contributed by atoms with Gasteiger partial charge in [-0.1, -0.05) is 12.1 Å². The largest absolute Gasteiger partial charge is 0.769 e. The van der Waals surface area contributed by atoms with Crippen LogP contribution >= 0.6 is 0 Å². The number of carbonyl (C=O) groups is 1. The van der Waals surface area contributed by atoms with E-state index in [4.69, 9.17) is 15.2 Å². The lowest BCUT2D eigenvalue weighted by molar-refractivity contribution is 0.0291. The molecule has 0 fully saturated rings. The molecule has 2 rings (SSSR count). The molecule has 0 saturated carbocycles. The van der Waals surface area contributed by atoms with E-state index in [0.29, 0.717) is 5.75 Å². The highest BCUT2D eigenvalue weighted by Crippen LogP contribution is 2.23. The van der Waals surface area contributed by atoms with Crippen LogP contribution in [0.3, 0.4) is 0 Å². The first-order valence-electron chi connectivity index (χ1n) is 6.79. The zero-order chi connectivity index (χ0) is 17.7. The Morgan fingerprint density at radius 2 is 1.75 bits per heavy atom. The van der Waals surface area contributed by atoms with Crippen LogP contribution in [0, 0.1) is 10.4 Å². The van der Waals surface area contributed by atoms with Crippen LogP contribution in [-0.2, 0) is 6.54 Å². The standard InChI is InChI=1S/C15H15N3O6/c1-24-14-4-2-10(3-5-14)9-16-15(19)11-6-12(17(20)21)8-13(7-11)18(22)23/h2-8,20-21H,9H2,1H3,(H,16,19)/q-2. The first-order chi connectivity index (χ1) is 11.4. The van der Waals surface area contributed by atoms with Crippen LogP contribution in [0.25, 0.3) is 0 Å². The number of nitrogens with one attached hydrogen (secondary N) is 1. The number of benzene rings is 2. The van der Waals surface area contributed by atoms with Gasteiger partial charge in [0.25, 0.3) is 5.91 Å². The number of amides is 1. The van der Waals surface area contributed by atoms with Crippen LogP contribution in [0.5, 0.6) is 5.75 Å². The van der Waals surface area contributed by atoms with E-state index in [-0.39, 0.29) is 23.0 Å². The molecule has 0 heterocycles. The third kappa shape index (κ3) is 4.33. The van der Waals surface area contributed by atoms with Crippen molar-refractivity contribution >= 4 is 17.3 Å². The van der Waals surface area contributed by atoms with Gasteiger partial charge in [-0.2, -0.15) is 0 Å². The second-order valence-electron chi connectivity index (χ2n) is 4.82. The summed E-state index contributed by atoms with van der Waals surface area (Å²) in [6, 6.07) is 10.1. The number of carbonyl (C=O) groups excluding carboxylic acids is 1. The fourth-order valence-corrected chi connectivity index (χ4v) is 1.97. The second-order valence-corrected chi connectivity index (χ2v) is 4.82. The summed E-state index contributed by atoms with van der Waals surface area (Å²) in [6.07, 6.45) is 0. The van der Waals surface area contributed by atoms with Crippen LogP contribution in [0.1, 0.15) is 15.9 Å². The molecule has 0 atom stereocenters. The quantitative estimate of drug-likeness (QED) is 0.684. The molecule has 2 aromatic rings. The minimum absolute atomic E-state index is 0.0687. The van der Waals surface area contributed by atoms with Crippen molar-refractivity contribution < 1.29 is 19.9 Å². The molecule has 128 valence electrons. The molecule has 0 aliphatic heterocycles. The minimum atomic E-state index is -0.729. The first kappa shape index (κ1) is 17.5. The highest BCUT2D eigenvalue weighted by Gasteiger charge is 2.11. The van der Waals surface area contributed by atoms with Crippen LogP contribution in [0.4, 0.5) is 11.4 Å². The van der Waals surface area contributed by atoms with E-state index in [9.17, 15) is 15.2 Å². The summed E-state index contributed by atoms with van der Waals surface area (Å²) in [4.78, 5) is 12.2. The van der Waals surface area contributed by atoms with Gasteiger partial charge in [-0.15, -0.1) is 5.23 Å². The SMILES string of the molecule is COc1ccc(CNC(=O)c2cc(N([O-])[O-])cc(N(O)O)c2)cc1. The molecule has 2 aromatic carbocycles. The average molecular weight is 333 g/mol. The fourth-order valence-electron chi connectivity index (χ4n) is 1.97. The van der Waals surface area contributed by atoms with Crippen LogP contribution in [0.15, 0.2) is 42.5 Å². The van der Waals surface area contributed by atoms with Gasteiger partial charge in [0.15, 0.2) is 0 Å². The lowest BCUT2D eigenvalue weighted by Crippen LogP contribution is -2.23. The molecule has 9 nitrogen and oxygen atoms in total. The van der Waals surface area contributed by atoms with Gasteiger partial charge >= 0.3 is 0 Å². The van der Waals surface area contributed by atoms with Gasteiger partial charge in [0, 0.05) is 17.8 Å². The number of hydrogen-bond acceptors (Lipinski definition) is 8. The number of anilines is 2. The van der Waals surface area contributed by atoms with Crippen LogP contribution in [0.2, 0.25) is 0 Å². The molecule has 0 radical (unpaired) electrons. The molecule has 3 N–H and O–H groups in total. The Morgan fingerprint density at radius 3 is 2.29 bits per heavy atom. The lowest BCUT2D eigenvalue weighted by atomic mass is 10.1. The van der Waals surface area contributed by atoms with Gasteiger partial charge in [0.2, 0.25) is 0 Å². The summed E-state index contributed by atoms with van der Waals surface area (Å²) in [5.74, 6) is 0.0944. The van der Waals surface area contributed by atoms with Crippen molar-refractivity contribution in [3.63, 3.8) is 0 Å². The molecule has 0 bridgehead atoms. The summed E-state index contributed by atoms with van der Waals surface area (Å²) in [5.41, 5.74) is 0.00977. The molecule has 0 spiro atoms. The Morgan fingerprint density at radius 1 is 1.12 bits per heavy atom. The van der Waals surface area contributed by atoms with Crippen molar-refractivity contribution in [3.05, 3.63) is 64.0 Å². The second kappa shape index (κ2) is 7.62. The summed E-state index contributed by atoms with van der Waals surface area (Å²) >= 11 is 0. The van der Waals surface area contributed by atoms with Crippen molar-refractivity contribution in [1.29, 1.82) is 0 Å². The summed E-state index contributed by atoms with van der Waals surface area (Å²) in [7, 11) is 1.54. The number of hydrogen-bond donors (Lipinski definition) is 3. The number of methoxy groups -OCH3 is 1. The van der Waals surface area contributed by atoms with Gasteiger partial charge < -0.3 is 25.7 Å². The van der Waals surface area contributed by atoms with E-state index in [1.54, 1.807) is 31.4 Å². The predicted molar refractivity (Wildman–Crippen MR) is 85.9 cm³/mol. The molecule has 9 heteroatoms. The van der Waals surface area contributed by atoms with E-state index in [1.165, 1.54) is 0 Å². The fraction of sp³-hybridized carbons (Fsp3) is 0.133. The topological polar surface area (TPSA) is 131 Å². The van der Waals surface area contributed by atoms with Gasteiger partial charge in [-0.3, -0.25) is 15.2 Å². The van der Waals surface area contributed by atoms with E-state index in [0.717, 1.165) is 23.8 Å². The highest BCUT2D eigenvalue weighted by molar-refractivity contribution is 5.96. The third-order valence-electron chi connectivity index (χ3n) is 3.22. The maximum Gasteiger partial charge on any atom is 0.251 e. The maximum atomic E-state index is 12.2. The molecule has 1 amide bonds. The molecule has 0 saturated heterocycles. The maximum absolute atomic E-state index is 12.2. The van der Waals surface area contributed by atoms with Crippen molar-refractivity contribution in [2.75, 3.05) is 17.6 Å². The van der Waals surface area contributed by atoms with Crippen molar-refractivity contribution in [2.45, 2.75) is 6.54 Å².